The third kappa shape index (κ3) is 3.60. The molecule has 0 aliphatic rings. The van der Waals surface area contributed by atoms with Crippen LogP contribution in [0.25, 0.3) is 21.8 Å². The Labute approximate surface area is 171 Å². The summed E-state index contributed by atoms with van der Waals surface area (Å²) in [7, 11) is 1.46. The second-order valence-electron chi connectivity index (χ2n) is 6.67. The number of carbonyl (C=O) groups excluding carboxylic acids is 1. The second kappa shape index (κ2) is 8.08. The minimum Gasteiger partial charge on any atom is -0.504 e. The van der Waals surface area contributed by atoms with Gasteiger partial charge in [0.15, 0.2) is 16.9 Å². The molecular formula is C23H19N3O4. The summed E-state index contributed by atoms with van der Waals surface area (Å²) in [5, 5.41) is 14.7. The standard InChI is InChI=1S/C23H19N3O4/c1-30-21-12-15(10-11-20(21)27)13-24-25-22(28)14-26-18-8-4-2-6-16(18)23(29)17-7-3-5-9-19(17)26/h2-13,27H,14H2,1H3,(H,25,28)/b24-13-. The van der Waals surface area contributed by atoms with E-state index in [-0.39, 0.29) is 23.6 Å². The molecule has 7 nitrogen and oxygen atoms in total. The first-order chi connectivity index (χ1) is 14.6. The molecule has 0 spiro atoms. The Morgan fingerprint density at radius 1 is 1.07 bits per heavy atom. The molecule has 3 aromatic carbocycles. The molecule has 0 aliphatic carbocycles. The molecule has 7 heteroatoms. The van der Waals surface area contributed by atoms with E-state index in [1.165, 1.54) is 19.4 Å². The third-order valence-corrected chi connectivity index (χ3v) is 4.79. The topological polar surface area (TPSA) is 92.9 Å². The van der Waals surface area contributed by atoms with Gasteiger partial charge in [0.05, 0.1) is 24.4 Å². The zero-order chi connectivity index (χ0) is 21.1. The maximum Gasteiger partial charge on any atom is 0.260 e. The first kappa shape index (κ1) is 19.2. The van der Waals surface area contributed by atoms with E-state index >= 15 is 0 Å². The van der Waals surface area contributed by atoms with Crippen molar-refractivity contribution >= 4 is 33.9 Å². The zero-order valence-corrected chi connectivity index (χ0v) is 16.2. The fourth-order valence-corrected chi connectivity index (χ4v) is 3.38. The largest absolute Gasteiger partial charge is 0.504 e. The molecule has 30 heavy (non-hydrogen) atoms. The van der Waals surface area contributed by atoms with Crippen molar-refractivity contribution in [3.05, 3.63) is 82.5 Å². The average Bonchev–Trinajstić information content (AvgIpc) is 2.77. The summed E-state index contributed by atoms with van der Waals surface area (Å²) in [4.78, 5) is 25.3. The molecule has 1 amide bonds. The molecule has 0 saturated carbocycles. The van der Waals surface area contributed by atoms with Crippen LogP contribution in [0.15, 0.2) is 76.6 Å². The van der Waals surface area contributed by atoms with Crippen LogP contribution >= 0.6 is 0 Å². The molecule has 0 radical (unpaired) electrons. The van der Waals surface area contributed by atoms with E-state index in [2.05, 4.69) is 10.5 Å². The highest BCUT2D eigenvalue weighted by Gasteiger charge is 2.12. The van der Waals surface area contributed by atoms with Crippen LogP contribution in [0.3, 0.4) is 0 Å². The van der Waals surface area contributed by atoms with Gasteiger partial charge in [0, 0.05) is 10.8 Å². The fraction of sp³-hybridized carbons (Fsp3) is 0.0870. The van der Waals surface area contributed by atoms with E-state index in [0.717, 1.165) is 0 Å². The van der Waals surface area contributed by atoms with E-state index in [1.807, 2.05) is 24.3 Å². The van der Waals surface area contributed by atoms with E-state index < -0.39 is 0 Å². The number of fused-ring (bicyclic) bond motifs is 2. The number of pyridine rings is 1. The summed E-state index contributed by atoms with van der Waals surface area (Å²) in [5.74, 6) is 0.00286. The van der Waals surface area contributed by atoms with Gasteiger partial charge in [0.25, 0.3) is 5.91 Å². The highest BCUT2D eigenvalue weighted by molar-refractivity contribution is 5.95. The van der Waals surface area contributed by atoms with Crippen molar-refractivity contribution in [2.24, 2.45) is 5.10 Å². The first-order valence-corrected chi connectivity index (χ1v) is 9.27. The summed E-state index contributed by atoms with van der Waals surface area (Å²) >= 11 is 0. The van der Waals surface area contributed by atoms with Crippen molar-refractivity contribution in [2.45, 2.75) is 6.54 Å². The molecule has 150 valence electrons. The number of methoxy groups -OCH3 is 1. The lowest BCUT2D eigenvalue weighted by molar-refractivity contribution is -0.121. The average molecular weight is 401 g/mol. The number of rotatable bonds is 5. The van der Waals surface area contributed by atoms with Gasteiger partial charge in [0.1, 0.15) is 6.54 Å². The van der Waals surface area contributed by atoms with Crippen molar-refractivity contribution in [1.29, 1.82) is 0 Å². The third-order valence-electron chi connectivity index (χ3n) is 4.79. The van der Waals surface area contributed by atoms with Crippen LogP contribution in [0, 0.1) is 0 Å². The van der Waals surface area contributed by atoms with Crippen LogP contribution in [0.4, 0.5) is 0 Å². The number of hydrogen-bond donors (Lipinski definition) is 2. The summed E-state index contributed by atoms with van der Waals surface area (Å²) in [6.07, 6.45) is 1.46. The Morgan fingerprint density at radius 2 is 1.70 bits per heavy atom. The Kier molecular flexibility index (Phi) is 5.17. The van der Waals surface area contributed by atoms with Crippen molar-refractivity contribution in [2.75, 3.05) is 7.11 Å². The van der Waals surface area contributed by atoms with Crippen molar-refractivity contribution in [1.82, 2.24) is 9.99 Å². The number of aromatic nitrogens is 1. The fourth-order valence-electron chi connectivity index (χ4n) is 3.38. The highest BCUT2D eigenvalue weighted by Crippen LogP contribution is 2.25. The number of phenolic OH excluding ortho intramolecular Hbond substituents is 1. The normalized spacial score (nSPS) is 11.2. The summed E-state index contributed by atoms with van der Waals surface area (Å²) in [6, 6.07) is 19.2. The number of phenols is 1. The van der Waals surface area contributed by atoms with E-state index in [1.54, 1.807) is 41.0 Å². The van der Waals surface area contributed by atoms with Gasteiger partial charge in [-0.05, 0) is 48.0 Å². The number of ether oxygens (including phenoxy) is 1. The maximum atomic E-state index is 12.8. The summed E-state index contributed by atoms with van der Waals surface area (Å²) in [6.45, 7) is -0.00243. The Hall–Kier alpha value is -4.13. The Balaban J connectivity index is 1.62. The lowest BCUT2D eigenvalue weighted by atomic mass is 10.1. The number of carbonyl (C=O) groups is 1. The quantitative estimate of drug-likeness (QED) is 0.305. The molecule has 0 atom stereocenters. The molecule has 4 aromatic rings. The van der Waals surface area contributed by atoms with Gasteiger partial charge in [0.2, 0.25) is 0 Å². The predicted molar refractivity (Wildman–Crippen MR) is 116 cm³/mol. The van der Waals surface area contributed by atoms with Gasteiger partial charge in [-0.2, -0.15) is 5.10 Å². The molecule has 4 rings (SSSR count). The van der Waals surface area contributed by atoms with Gasteiger partial charge >= 0.3 is 0 Å². The molecular weight excluding hydrogens is 382 g/mol. The van der Waals surface area contributed by atoms with Crippen molar-refractivity contribution in [3.8, 4) is 11.5 Å². The summed E-state index contributed by atoms with van der Waals surface area (Å²) in [5.41, 5.74) is 4.47. The molecule has 0 bridgehead atoms. The molecule has 0 aliphatic heterocycles. The number of amides is 1. The lowest BCUT2D eigenvalue weighted by Crippen LogP contribution is -2.25. The van der Waals surface area contributed by atoms with Crippen LogP contribution < -0.4 is 15.6 Å². The monoisotopic (exact) mass is 401 g/mol. The Morgan fingerprint density at radius 3 is 2.33 bits per heavy atom. The Bertz CT molecular complexity index is 1280. The van der Waals surface area contributed by atoms with Crippen LogP contribution in [0.1, 0.15) is 5.56 Å². The zero-order valence-electron chi connectivity index (χ0n) is 16.2. The van der Waals surface area contributed by atoms with Gasteiger partial charge in [-0.25, -0.2) is 5.43 Å². The predicted octanol–water partition coefficient (Wildman–Crippen LogP) is 3.02. The number of nitrogens with one attached hydrogen (secondary N) is 1. The van der Waals surface area contributed by atoms with Crippen LogP contribution in [-0.4, -0.2) is 28.9 Å². The molecule has 2 N–H and O–H groups in total. The smallest absolute Gasteiger partial charge is 0.260 e. The number of hydrogen-bond acceptors (Lipinski definition) is 5. The minimum atomic E-state index is -0.337. The van der Waals surface area contributed by atoms with E-state index in [9.17, 15) is 14.7 Å². The number of nitrogens with zero attached hydrogens (tertiary/aromatic N) is 2. The number of benzene rings is 3. The van der Waals surface area contributed by atoms with Crippen molar-refractivity contribution < 1.29 is 14.6 Å². The van der Waals surface area contributed by atoms with E-state index in [4.69, 9.17) is 4.74 Å². The molecule has 0 fully saturated rings. The molecule has 0 saturated heterocycles. The molecule has 1 heterocycles. The molecule has 0 unspecified atom stereocenters. The number of hydrazone groups is 1. The maximum absolute atomic E-state index is 12.8. The SMILES string of the molecule is COc1cc(/C=N\NC(=O)Cn2c3ccccc3c(=O)c3ccccc32)ccc1O. The highest BCUT2D eigenvalue weighted by atomic mass is 16.5. The second-order valence-corrected chi connectivity index (χ2v) is 6.67. The van der Waals surface area contributed by atoms with Gasteiger partial charge in [-0.15, -0.1) is 0 Å². The van der Waals surface area contributed by atoms with Crippen LogP contribution in [0.2, 0.25) is 0 Å². The molecule has 1 aromatic heterocycles. The van der Waals surface area contributed by atoms with Crippen molar-refractivity contribution in [3.63, 3.8) is 0 Å². The number of para-hydroxylation sites is 2. The summed E-state index contributed by atoms with van der Waals surface area (Å²) < 4.78 is 6.86. The van der Waals surface area contributed by atoms with Crippen LogP contribution in [0.5, 0.6) is 11.5 Å². The number of aromatic hydroxyl groups is 1. The lowest BCUT2D eigenvalue weighted by Gasteiger charge is -2.14. The van der Waals surface area contributed by atoms with Gasteiger partial charge < -0.3 is 14.4 Å². The minimum absolute atomic E-state index is 0.00243. The van der Waals surface area contributed by atoms with Gasteiger partial charge in [-0.1, -0.05) is 24.3 Å². The van der Waals surface area contributed by atoms with Gasteiger partial charge in [-0.3, -0.25) is 9.59 Å². The van der Waals surface area contributed by atoms with Crippen LogP contribution in [-0.2, 0) is 11.3 Å². The first-order valence-electron chi connectivity index (χ1n) is 9.27. The van der Waals surface area contributed by atoms with E-state index in [0.29, 0.717) is 33.1 Å².